The van der Waals surface area contributed by atoms with Gasteiger partial charge in [-0.3, -0.25) is 4.79 Å². The molecule has 0 saturated heterocycles. The first-order valence-corrected chi connectivity index (χ1v) is 9.00. The summed E-state index contributed by atoms with van der Waals surface area (Å²) in [5, 5.41) is 11.8. The summed E-state index contributed by atoms with van der Waals surface area (Å²) < 4.78 is 10.7. The molecule has 3 aromatic rings. The second-order valence-electron chi connectivity index (χ2n) is 5.28. The molecule has 3 rings (SSSR count). The molecule has 0 aliphatic heterocycles. The van der Waals surface area contributed by atoms with E-state index in [-0.39, 0.29) is 11.7 Å². The van der Waals surface area contributed by atoms with Crippen molar-refractivity contribution in [3.63, 3.8) is 0 Å². The van der Waals surface area contributed by atoms with E-state index >= 15 is 0 Å². The fourth-order valence-electron chi connectivity index (χ4n) is 2.20. The number of aryl methyl sites for hydroxylation is 1. The number of nitrogens with one attached hydrogen (secondary N) is 1. The van der Waals surface area contributed by atoms with Crippen LogP contribution in [0.5, 0.6) is 0 Å². The molecule has 130 valence electrons. The lowest BCUT2D eigenvalue weighted by molar-refractivity contribution is -0.118. The standard InChI is InChI=1S/C17H16ClN3O3S/c1-11-14(6-8-23-11)16-20-21-17(24-16)25-10-15(22)19-7-5-12-3-2-4-13(18)9-12/h2-4,6,8-9H,5,7,10H2,1H3,(H,19,22). The van der Waals surface area contributed by atoms with Crippen LogP contribution in [-0.4, -0.2) is 28.4 Å². The minimum absolute atomic E-state index is 0.0914. The van der Waals surface area contributed by atoms with Crippen LogP contribution in [-0.2, 0) is 11.2 Å². The molecule has 1 N–H and O–H groups in total. The topological polar surface area (TPSA) is 81.2 Å². The van der Waals surface area contributed by atoms with E-state index in [1.54, 1.807) is 12.3 Å². The Bertz CT molecular complexity index is 862. The molecule has 0 unspecified atom stereocenters. The first-order chi connectivity index (χ1) is 12.1. The van der Waals surface area contributed by atoms with Crippen molar-refractivity contribution in [3.8, 4) is 11.5 Å². The number of carbonyl (C=O) groups excluding carboxylic acids is 1. The van der Waals surface area contributed by atoms with E-state index in [2.05, 4.69) is 15.5 Å². The van der Waals surface area contributed by atoms with Crippen molar-refractivity contribution in [2.75, 3.05) is 12.3 Å². The third kappa shape index (κ3) is 4.87. The normalized spacial score (nSPS) is 10.8. The number of aromatic nitrogens is 2. The monoisotopic (exact) mass is 377 g/mol. The predicted molar refractivity (Wildman–Crippen MR) is 95.6 cm³/mol. The highest BCUT2D eigenvalue weighted by atomic mass is 35.5. The van der Waals surface area contributed by atoms with Gasteiger partial charge in [-0.1, -0.05) is 35.5 Å². The molecule has 0 saturated carbocycles. The van der Waals surface area contributed by atoms with Gasteiger partial charge in [-0.15, -0.1) is 10.2 Å². The van der Waals surface area contributed by atoms with E-state index in [1.165, 1.54) is 11.8 Å². The van der Waals surface area contributed by atoms with Crippen molar-refractivity contribution in [1.82, 2.24) is 15.5 Å². The van der Waals surface area contributed by atoms with Crippen molar-refractivity contribution in [2.45, 2.75) is 18.6 Å². The van der Waals surface area contributed by atoms with Crippen LogP contribution in [0.2, 0.25) is 5.02 Å². The third-order valence-corrected chi connectivity index (χ3v) is 4.50. The Balaban J connectivity index is 1.43. The van der Waals surface area contributed by atoms with Crippen LogP contribution in [0.25, 0.3) is 11.5 Å². The molecule has 0 spiro atoms. The second kappa shape index (κ2) is 8.22. The summed E-state index contributed by atoms with van der Waals surface area (Å²) in [6.07, 6.45) is 2.29. The summed E-state index contributed by atoms with van der Waals surface area (Å²) in [4.78, 5) is 11.9. The molecule has 2 aromatic heterocycles. The van der Waals surface area contributed by atoms with Crippen LogP contribution >= 0.6 is 23.4 Å². The highest BCUT2D eigenvalue weighted by Crippen LogP contribution is 2.26. The van der Waals surface area contributed by atoms with Crippen LogP contribution in [0.3, 0.4) is 0 Å². The number of thioether (sulfide) groups is 1. The number of carbonyl (C=O) groups is 1. The Morgan fingerprint density at radius 2 is 2.20 bits per heavy atom. The first kappa shape index (κ1) is 17.6. The van der Waals surface area contributed by atoms with Crippen molar-refractivity contribution in [2.24, 2.45) is 0 Å². The van der Waals surface area contributed by atoms with E-state index in [0.717, 1.165) is 17.5 Å². The van der Waals surface area contributed by atoms with Crippen molar-refractivity contribution in [3.05, 3.63) is 52.9 Å². The smallest absolute Gasteiger partial charge is 0.277 e. The quantitative estimate of drug-likeness (QED) is 0.631. The molecule has 0 fully saturated rings. The van der Waals surface area contributed by atoms with Crippen molar-refractivity contribution >= 4 is 29.3 Å². The summed E-state index contributed by atoms with van der Waals surface area (Å²) in [6, 6.07) is 9.35. The molecule has 1 aromatic carbocycles. The Kier molecular flexibility index (Phi) is 5.78. The van der Waals surface area contributed by atoms with Crippen LogP contribution in [0, 0.1) is 6.92 Å². The van der Waals surface area contributed by atoms with E-state index in [1.807, 2.05) is 31.2 Å². The Hall–Kier alpha value is -2.25. The summed E-state index contributed by atoms with van der Waals surface area (Å²) in [5.74, 6) is 1.21. The van der Waals surface area contributed by atoms with Gasteiger partial charge < -0.3 is 14.2 Å². The van der Waals surface area contributed by atoms with Gasteiger partial charge in [0.25, 0.3) is 11.1 Å². The van der Waals surface area contributed by atoms with Crippen LogP contribution in [0.15, 0.2) is 50.7 Å². The fraction of sp³-hybridized carbons (Fsp3) is 0.235. The molecule has 8 heteroatoms. The molecule has 2 heterocycles. The average Bonchev–Trinajstić information content (AvgIpc) is 3.21. The van der Waals surface area contributed by atoms with Crippen LogP contribution < -0.4 is 5.32 Å². The number of halogens is 1. The number of hydrogen-bond acceptors (Lipinski definition) is 6. The van der Waals surface area contributed by atoms with E-state index < -0.39 is 0 Å². The summed E-state index contributed by atoms with van der Waals surface area (Å²) in [7, 11) is 0. The van der Waals surface area contributed by atoms with E-state index in [9.17, 15) is 4.79 Å². The zero-order valence-electron chi connectivity index (χ0n) is 13.5. The average molecular weight is 378 g/mol. The molecule has 0 radical (unpaired) electrons. The van der Waals surface area contributed by atoms with E-state index in [4.69, 9.17) is 20.4 Å². The Morgan fingerprint density at radius 1 is 1.32 bits per heavy atom. The zero-order chi connectivity index (χ0) is 17.6. The number of hydrogen-bond donors (Lipinski definition) is 1. The predicted octanol–water partition coefficient (Wildman–Crippen LogP) is 3.74. The SMILES string of the molecule is Cc1occc1-c1nnc(SCC(=O)NCCc2cccc(Cl)c2)o1. The van der Waals surface area contributed by atoms with Gasteiger partial charge in [-0.05, 0) is 37.1 Å². The minimum Gasteiger partial charge on any atom is -0.469 e. The Morgan fingerprint density at radius 3 is 2.96 bits per heavy atom. The van der Waals surface area contributed by atoms with Gasteiger partial charge in [-0.2, -0.15) is 0 Å². The number of amides is 1. The van der Waals surface area contributed by atoms with Gasteiger partial charge in [0.1, 0.15) is 5.76 Å². The maximum absolute atomic E-state index is 11.9. The molecule has 25 heavy (non-hydrogen) atoms. The van der Waals surface area contributed by atoms with E-state index in [0.29, 0.717) is 28.4 Å². The number of benzene rings is 1. The van der Waals surface area contributed by atoms with Gasteiger partial charge >= 0.3 is 0 Å². The molecule has 0 aliphatic carbocycles. The molecular formula is C17H16ClN3O3S. The maximum Gasteiger partial charge on any atom is 0.277 e. The molecule has 0 bridgehead atoms. The zero-order valence-corrected chi connectivity index (χ0v) is 15.1. The van der Waals surface area contributed by atoms with Gasteiger partial charge in [0.2, 0.25) is 5.91 Å². The van der Waals surface area contributed by atoms with Crippen molar-refractivity contribution < 1.29 is 13.6 Å². The number of nitrogens with zero attached hydrogens (tertiary/aromatic N) is 2. The molecule has 0 atom stereocenters. The summed E-state index contributed by atoms with van der Waals surface area (Å²) >= 11 is 7.13. The van der Waals surface area contributed by atoms with Gasteiger partial charge in [0.05, 0.1) is 17.6 Å². The van der Waals surface area contributed by atoms with Crippen molar-refractivity contribution in [1.29, 1.82) is 0 Å². The fourth-order valence-corrected chi connectivity index (χ4v) is 3.01. The van der Waals surface area contributed by atoms with Crippen LogP contribution in [0.4, 0.5) is 0 Å². The lowest BCUT2D eigenvalue weighted by Gasteiger charge is -2.04. The highest BCUT2D eigenvalue weighted by molar-refractivity contribution is 7.99. The lowest BCUT2D eigenvalue weighted by Crippen LogP contribution is -2.27. The van der Waals surface area contributed by atoms with Gasteiger partial charge in [-0.25, -0.2) is 0 Å². The lowest BCUT2D eigenvalue weighted by atomic mass is 10.1. The van der Waals surface area contributed by atoms with Crippen LogP contribution in [0.1, 0.15) is 11.3 Å². The maximum atomic E-state index is 11.9. The first-order valence-electron chi connectivity index (χ1n) is 7.64. The molecule has 1 amide bonds. The Labute approximate surface area is 154 Å². The number of rotatable bonds is 7. The molecule has 6 nitrogen and oxygen atoms in total. The van der Waals surface area contributed by atoms with Gasteiger partial charge in [0.15, 0.2) is 0 Å². The third-order valence-electron chi connectivity index (χ3n) is 3.45. The summed E-state index contributed by atoms with van der Waals surface area (Å²) in [5.41, 5.74) is 1.84. The molecule has 0 aliphatic rings. The summed E-state index contributed by atoms with van der Waals surface area (Å²) in [6.45, 7) is 2.36. The second-order valence-corrected chi connectivity index (χ2v) is 6.65. The number of furan rings is 1. The molecular weight excluding hydrogens is 362 g/mol. The minimum atomic E-state index is -0.0914. The largest absolute Gasteiger partial charge is 0.469 e. The highest BCUT2D eigenvalue weighted by Gasteiger charge is 2.14. The van der Waals surface area contributed by atoms with Gasteiger partial charge in [0, 0.05) is 11.6 Å².